The van der Waals surface area contributed by atoms with Crippen molar-refractivity contribution < 1.29 is 4.79 Å². The molecule has 1 aromatic carbocycles. The van der Waals surface area contributed by atoms with Crippen LogP contribution in [0.5, 0.6) is 0 Å². The predicted molar refractivity (Wildman–Crippen MR) is 127 cm³/mol. The maximum atomic E-state index is 13.2. The van der Waals surface area contributed by atoms with E-state index in [2.05, 4.69) is 46.9 Å². The molecule has 0 saturated carbocycles. The Morgan fingerprint density at radius 2 is 2.07 bits per heavy atom. The molecule has 0 bridgehead atoms. The van der Waals surface area contributed by atoms with Gasteiger partial charge in [-0.15, -0.1) is 23.7 Å². The summed E-state index contributed by atoms with van der Waals surface area (Å²) in [7, 11) is 0. The topological polar surface area (TPSA) is 51.0 Å². The standard InChI is InChI=1S/C20H19BrN4OS2.ClH/c1-13-10-14(2)18-15(11-13)23-20(28-18)25(8-3-7-24-9-6-22-12-24)19(26)16-4-5-17(21)27-16;/h4-6,9-12H,3,7-8H2,1-2H3;1H. The second kappa shape index (κ2) is 9.38. The van der Waals surface area contributed by atoms with Crippen molar-refractivity contribution >= 4 is 72.3 Å². The van der Waals surface area contributed by atoms with Crippen molar-refractivity contribution in [2.24, 2.45) is 0 Å². The summed E-state index contributed by atoms with van der Waals surface area (Å²) < 4.78 is 4.11. The van der Waals surface area contributed by atoms with Crippen molar-refractivity contribution in [1.29, 1.82) is 0 Å². The van der Waals surface area contributed by atoms with Gasteiger partial charge in [0.15, 0.2) is 5.13 Å². The van der Waals surface area contributed by atoms with Gasteiger partial charge in [0.1, 0.15) is 0 Å². The number of anilines is 1. The first-order valence-electron chi connectivity index (χ1n) is 8.92. The first kappa shape index (κ1) is 22.0. The number of fused-ring (bicyclic) bond motifs is 1. The Hall–Kier alpha value is -1.74. The van der Waals surface area contributed by atoms with Gasteiger partial charge in [0.25, 0.3) is 5.91 Å². The van der Waals surface area contributed by atoms with E-state index in [4.69, 9.17) is 4.98 Å². The molecule has 0 atom stereocenters. The molecule has 1 amide bonds. The van der Waals surface area contributed by atoms with Gasteiger partial charge in [-0.3, -0.25) is 9.69 Å². The molecule has 0 N–H and O–H groups in total. The van der Waals surface area contributed by atoms with Gasteiger partial charge in [-0.25, -0.2) is 9.97 Å². The van der Waals surface area contributed by atoms with Crippen LogP contribution in [-0.2, 0) is 6.54 Å². The minimum absolute atomic E-state index is 0. The smallest absolute Gasteiger partial charge is 0.270 e. The summed E-state index contributed by atoms with van der Waals surface area (Å²) in [5.41, 5.74) is 3.34. The SMILES string of the molecule is Cc1cc(C)c2sc(N(CCCn3ccnc3)C(=O)c3ccc(Br)s3)nc2c1.Cl. The molecule has 0 unspecified atom stereocenters. The highest BCUT2D eigenvalue weighted by molar-refractivity contribution is 9.11. The van der Waals surface area contributed by atoms with Gasteiger partial charge in [0.2, 0.25) is 0 Å². The van der Waals surface area contributed by atoms with Crippen molar-refractivity contribution in [3.63, 3.8) is 0 Å². The quantitative estimate of drug-likeness (QED) is 0.315. The van der Waals surface area contributed by atoms with Crippen LogP contribution < -0.4 is 4.90 Å². The van der Waals surface area contributed by atoms with Gasteiger partial charge in [-0.05, 0) is 65.5 Å². The Morgan fingerprint density at radius 3 is 2.76 bits per heavy atom. The highest BCUT2D eigenvalue weighted by Crippen LogP contribution is 2.34. The zero-order valence-electron chi connectivity index (χ0n) is 16.0. The molecule has 0 spiro atoms. The van der Waals surface area contributed by atoms with Crippen LogP contribution in [-0.4, -0.2) is 27.0 Å². The van der Waals surface area contributed by atoms with Gasteiger partial charge >= 0.3 is 0 Å². The van der Waals surface area contributed by atoms with Crippen molar-refractivity contribution in [1.82, 2.24) is 14.5 Å². The normalized spacial score (nSPS) is 10.9. The average Bonchev–Trinajstić information content (AvgIpc) is 3.38. The van der Waals surface area contributed by atoms with Crippen LogP contribution in [0.2, 0.25) is 0 Å². The molecule has 9 heteroatoms. The van der Waals surface area contributed by atoms with E-state index < -0.39 is 0 Å². The van der Waals surface area contributed by atoms with E-state index in [1.54, 1.807) is 23.9 Å². The van der Waals surface area contributed by atoms with Gasteiger partial charge in [-0.2, -0.15) is 0 Å². The molecule has 4 aromatic rings. The fourth-order valence-corrected chi connectivity index (χ4v) is 5.53. The molecule has 0 fully saturated rings. The molecule has 5 nitrogen and oxygen atoms in total. The van der Waals surface area contributed by atoms with Crippen molar-refractivity contribution in [3.05, 3.63) is 62.8 Å². The van der Waals surface area contributed by atoms with Crippen LogP contribution in [0.15, 0.2) is 46.8 Å². The summed E-state index contributed by atoms with van der Waals surface area (Å²) in [4.78, 5) is 24.6. The second-order valence-electron chi connectivity index (χ2n) is 6.64. The number of hydrogen-bond donors (Lipinski definition) is 0. The Labute approximate surface area is 191 Å². The number of hydrogen-bond acceptors (Lipinski definition) is 5. The van der Waals surface area contributed by atoms with Gasteiger partial charge in [0, 0.05) is 25.5 Å². The third kappa shape index (κ3) is 4.88. The van der Waals surface area contributed by atoms with E-state index in [9.17, 15) is 4.79 Å². The van der Waals surface area contributed by atoms with Crippen LogP contribution in [0.4, 0.5) is 5.13 Å². The largest absolute Gasteiger partial charge is 0.337 e. The molecule has 3 heterocycles. The fourth-order valence-electron chi connectivity index (χ4n) is 3.16. The number of aromatic nitrogens is 3. The molecule has 152 valence electrons. The van der Waals surface area contributed by atoms with Crippen LogP contribution in [0.1, 0.15) is 27.2 Å². The number of thiazole rings is 1. The molecular formula is C20H20BrClN4OS2. The summed E-state index contributed by atoms with van der Waals surface area (Å²) in [6, 6.07) is 8.01. The zero-order valence-corrected chi connectivity index (χ0v) is 20.0. The third-order valence-electron chi connectivity index (χ3n) is 4.43. The molecule has 4 rings (SSSR count). The fraction of sp³-hybridized carbons (Fsp3) is 0.250. The number of carbonyl (C=O) groups excluding carboxylic acids is 1. The number of rotatable bonds is 6. The molecule has 0 aliphatic rings. The molecule has 0 aliphatic carbocycles. The average molecular weight is 512 g/mol. The van der Waals surface area contributed by atoms with Gasteiger partial charge in [-0.1, -0.05) is 17.4 Å². The molecule has 0 aliphatic heterocycles. The highest BCUT2D eigenvalue weighted by atomic mass is 79.9. The van der Waals surface area contributed by atoms with E-state index in [1.165, 1.54) is 22.5 Å². The molecular weight excluding hydrogens is 492 g/mol. The number of nitrogens with zero attached hydrogens (tertiary/aromatic N) is 4. The number of thiophene rings is 1. The van der Waals surface area contributed by atoms with Crippen molar-refractivity contribution in [2.45, 2.75) is 26.8 Å². The Morgan fingerprint density at radius 1 is 1.24 bits per heavy atom. The number of benzene rings is 1. The summed E-state index contributed by atoms with van der Waals surface area (Å²) in [6.07, 6.45) is 6.33. The summed E-state index contributed by atoms with van der Waals surface area (Å²) in [5.74, 6) is -0.00485. The van der Waals surface area contributed by atoms with Gasteiger partial charge < -0.3 is 4.57 Å². The highest BCUT2D eigenvalue weighted by Gasteiger charge is 2.23. The zero-order chi connectivity index (χ0) is 19.7. The minimum atomic E-state index is -0.00485. The Kier molecular flexibility index (Phi) is 7.10. The van der Waals surface area contributed by atoms with Gasteiger partial charge in [0.05, 0.1) is 25.2 Å². The van der Waals surface area contributed by atoms with Crippen LogP contribution >= 0.6 is 51.0 Å². The second-order valence-corrected chi connectivity index (χ2v) is 10.1. The lowest BCUT2D eigenvalue weighted by Crippen LogP contribution is -2.31. The van der Waals surface area contributed by atoms with E-state index in [-0.39, 0.29) is 18.3 Å². The molecule has 3 aromatic heterocycles. The number of halogens is 2. The Bertz CT molecular complexity index is 1120. The monoisotopic (exact) mass is 510 g/mol. The van der Waals surface area contributed by atoms with E-state index in [0.717, 1.165) is 32.1 Å². The third-order valence-corrected chi connectivity index (χ3v) is 7.27. The first-order chi connectivity index (χ1) is 13.5. The molecule has 0 saturated heterocycles. The lowest BCUT2D eigenvalue weighted by atomic mass is 10.1. The number of imidazole rings is 1. The lowest BCUT2D eigenvalue weighted by Gasteiger charge is -2.19. The lowest BCUT2D eigenvalue weighted by molar-refractivity contribution is 0.0990. The maximum absolute atomic E-state index is 13.2. The van der Waals surface area contributed by atoms with Crippen LogP contribution in [0, 0.1) is 13.8 Å². The van der Waals surface area contributed by atoms with E-state index >= 15 is 0 Å². The molecule has 0 radical (unpaired) electrons. The van der Waals surface area contributed by atoms with Crippen LogP contribution in [0.25, 0.3) is 10.2 Å². The first-order valence-corrected chi connectivity index (χ1v) is 11.3. The number of amides is 1. The van der Waals surface area contributed by atoms with Crippen molar-refractivity contribution in [2.75, 3.05) is 11.4 Å². The number of carbonyl (C=O) groups is 1. The van der Waals surface area contributed by atoms with Crippen LogP contribution in [0.3, 0.4) is 0 Å². The summed E-state index contributed by atoms with van der Waals surface area (Å²) in [6.45, 7) is 5.58. The minimum Gasteiger partial charge on any atom is -0.337 e. The van der Waals surface area contributed by atoms with E-state index in [0.29, 0.717) is 11.4 Å². The maximum Gasteiger partial charge on any atom is 0.270 e. The predicted octanol–water partition coefficient (Wildman–Crippen LogP) is 6.09. The number of aryl methyl sites for hydroxylation is 3. The molecule has 29 heavy (non-hydrogen) atoms. The Balaban J connectivity index is 0.00000240. The summed E-state index contributed by atoms with van der Waals surface area (Å²) >= 11 is 6.49. The van der Waals surface area contributed by atoms with Crippen molar-refractivity contribution in [3.8, 4) is 0 Å². The van der Waals surface area contributed by atoms with E-state index in [1.807, 2.05) is 27.8 Å². The summed E-state index contributed by atoms with van der Waals surface area (Å²) in [5, 5.41) is 0.754.